The second-order valence-electron chi connectivity index (χ2n) is 5.23. The second kappa shape index (κ2) is 9.22. The highest BCUT2D eigenvalue weighted by Crippen LogP contribution is 2.16. The third-order valence-electron chi connectivity index (χ3n) is 3.46. The second-order valence-corrected chi connectivity index (χ2v) is 5.23. The number of methoxy groups -OCH3 is 1. The monoisotopic (exact) mass is 356 g/mol. The number of ether oxygens (including phenoxy) is 2. The van der Waals surface area contributed by atoms with Gasteiger partial charge in [-0.05, 0) is 43.3 Å². The van der Waals surface area contributed by atoms with Crippen molar-refractivity contribution in [1.82, 2.24) is 5.32 Å². The van der Waals surface area contributed by atoms with E-state index < -0.39 is 11.9 Å². The molecule has 0 saturated carbocycles. The van der Waals surface area contributed by atoms with Crippen LogP contribution < -0.4 is 15.4 Å². The van der Waals surface area contributed by atoms with Crippen LogP contribution in [0.2, 0.25) is 0 Å². The van der Waals surface area contributed by atoms with Crippen molar-refractivity contribution in [3.63, 3.8) is 0 Å². The maximum absolute atomic E-state index is 12.1. The van der Waals surface area contributed by atoms with Crippen LogP contribution in [-0.2, 0) is 9.53 Å². The summed E-state index contributed by atoms with van der Waals surface area (Å²) >= 11 is 0. The summed E-state index contributed by atoms with van der Waals surface area (Å²) in [5, 5.41) is 5.12. The minimum absolute atomic E-state index is 0.234. The van der Waals surface area contributed by atoms with Crippen molar-refractivity contribution in [3.8, 4) is 5.75 Å². The largest absolute Gasteiger partial charge is 0.497 e. The normalized spacial score (nSPS) is 9.92. The lowest BCUT2D eigenvalue weighted by atomic mass is 10.1. The quantitative estimate of drug-likeness (QED) is 0.742. The lowest BCUT2D eigenvalue weighted by Gasteiger charge is -2.11. The van der Waals surface area contributed by atoms with Gasteiger partial charge in [0, 0.05) is 5.56 Å². The van der Waals surface area contributed by atoms with E-state index in [1.165, 1.54) is 7.11 Å². The van der Waals surface area contributed by atoms with Gasteiger partial charge in [0.2, 0.25) is 5.91 Å². The number of carbonyl (C=O) groups is 3. The summed E-state index contributed by atoms with van der Waals surface area (Å²) in [6.45, 7) is 1.70. The first-order valence-electron chi connectivity index (χ1n) is 8.03. The number of anilines is 1. The molecule has 0 atom stereocenters. The maximum atomic E-state index is 12.1. The van der Waals surface area contributed by atoms with Gasteiger partial charge < -0.3 is 20.1 Å². The summed E-state index contributed by atoms with van der Waals surface area (Å²) in [6.07, 6.45) is 0. The fourth-order valence-corrected chi connectivity index (χ4v) is 2.18. The summed E-state index contributed by atoms with van der Waals surface area (Å²) < 4.78 is 9.98. The molecule has 0 fully saturated rings. The molecule has 0 spiro atoms. The smallest absolute Gasteiger partial charge is 0.340 e. The van der Waals surface area contributed by atoms with Crippen molar-refractivity contribution in [3.05, 3.63) is 59.7 Å². The van der Waals surface area contributed by atoms with Crippen LogP contribution in [0.5, 0.6) is 5.75 Å². The molecule has 0 radical (unpaired) electrons. The minimum atomic E-state index is -0.523. The highest BCUT2D eigenvalue weighted by Gasteiger charge is 2.14. The predicted octanol–water partition coefficient (Wildman–Crippen LogP) is 2.24. The average molecular weight is 356 g/mol. The molecular weight excluding hydrogens is 336 g/mol. The van der Waals surface area contributed by atoms with Crippen LogP contribution in [0.3, 0.4) is 0 Å². The fraction of sp³-hybridized carbons (Fsp3) is 0.211. The molecule has 136 valence electrons. The van der Waals surface area contributed by atoms with E-state index in [0.717, 1.165) is 0 Å². The Hall–Kier alpha value is -3.35. The Bertz CT molecular complexity index is 787. The average Bonchev–Trinajstić information content (AvgIpc) is 2.66. The van der Waals surface area contributed by atoms with E-state index in [1.807, 2.05) is 0 Å². The summed E-state index contributed by atoms with van der Waals surface area (Å²) in [5.41, 5.74) is 0.990. The van der Waals surface area contributed by atoms with Crippen LogP contribution in [0, 0.1) is 0 Å². The maximum Gasteiger partial charge on any atom is 0.340 e. The molecule has 0 aromatic heterocycles. The van der Waals surface area contributed by atoms with E-state index in [0.29, 0.717) is 17.0 Å². The Morgan fingerprint density at radius 1 is 1.00 bits per heavy atom. The van der Waals surface area contributed by atoms with Crippen LogP contribution in [0.25, 0.3) is 0 Å². The highest BCUT2D eigenvalue weighted by molar-refractivity contribution is 6.03. The third kappa shape index (κ3) is 5.07. The molecule has 0 aliphatic heterocycles. The molecule has 2 aromatic carbocycles. The first-order chi connectivity index (χ1) is 12.5. The zero-order valence-corrected chi connectivity index (χ0v) is 14.6. The first kappa shape index (κ1) is 19.0. The van der Waals surface area contributed by atoms with Gasteiger partial charge in [-0.3, -0.25) is 9.59 Å². The molecular formula is C19H20N2O5. The van der Waals surface area contributed by atoms with Crippen LogP contribution in [0.1, 0.15) is 27.6 Å². The zero-order valence-electron chi connectivity index (χ0n) is 14.6. The molecule has 2 aromatic rings. The SMILES string of the molecule is CCOC(=O)c1ccccc1NC(=O)CNC(=O)c1ccc(OC)cc1. The summed E-state index contributed by atoms with van der Waals surface area (Å²) in [4.78, 5) is 36.0. The molecule has 0 aliphatic rings. The van der Waals surface area contributed by atoms with E-state index in [4.69, 9.17) is 9.47 Å². The molecule has 0 aliphatic carbocycles. The summed E-state index contributed by atoms with van der Waals surface area (Å²) in [6, 6.07) is 13.0. The van der Waals surface area contributed by atoms with Gasteiger partial charge in [0.1, 0.15) is 5.75 Å². The molecule has 2 rings (SSSR count). The van der Waals surface area contributed by atoms with Gasteiger partial charge in [-0.1, -0.05) is 12.1 Å². The van der Waals surface area contributed by atoms with Gasteiger partial charge in [-0.15, -0.1) is 0 Å². The van der Waals surface area contributed by atoms with Crippen LogP contribution in [0.4, 0.5) is 5.69 Å². The number of carbonyl (C=O) groups excluding carboxylic acids is 3. The first-order valence-corrected chi connectivity index (χ1v) is 8.03. The lowest BCUT2D eigenvalue weighted by molar-refractivity contribution is -0.115. The van der Waals surface area contributed by atoms with Crippen molar-refractivity contribution in [2.45, 2.75) is 6.92 Å². The molecule has 2 amide bonds. The Morgan fingerprint density at radius 3 is 2.35 bits per heavy atom. The Balaban J connectivity index is 1.94. The molecule has 7 nitrogen and oxygen atoms in total. The predicted molar refractivity (Wildman–Crippen MR) is 96.4 cm³/mol. The number of amides is 2. The van der Waals surface area contributed by atoms with Crippen molar-refractivity contribution in [1.29, 1.82) is 0 Å². The number of hydrogen-bond donors (Lipinski definition) is 2. The van der Waals surface area contributed by atoms with E-state index in [2.05, 4.69) is 10.6 Å². The van der Waals surface area contributed by atoms with Crippen LogP contribution >= 0.6 is 0 Å². The van der Waals surface area contributed by atoms with E-state index >= 15 is 0 Å². The van der Waals surface area contributed by atoms with Crippen molar-refractivity contribution < 1.29 is 23.9 Å². The summed E-state index contributed by atoms with van der Waals surface area (Å²) in [5.74, 6) is -0.731. The van der Waals surface area contributed by atoms with Crippen molar-refractivity contribution >= 4 is 23.5 Å². The van der Waals surface area contributed by atoms with Crippen LogP contribution in [0.15, 0.2) is 48.5 Å². The van der Waals surface area contributed by atoms with Crippen LogP contribution in [-0.4, -0.2) is 38.0 Å². The third-order valence-corrected chi connectivity index (χ3v) is 3.46. The Kier molecular flexibility index (Phi) is 6.73. The number of nitrogens with one attached hydrogen (secondary N) is 2. The Morgan fingerprint density at radius 2 is 1.69 bits per heavy atom. The highest BCUT2D eigenvalue weighted by atomic mass is 16.5. The fourth-order valence-electron chi connectivity index (χ4n) is 2.18. The number of rotatable bonds is 7. The molecule has 0 heterocycles. The number of benzene rings is 2. The molecule has 7 heteroatoms. The van der Waals surface area contributed by atoms with E-state index in [-0.39, 0.29) is 24.6 Å². The zero-order chi connectivity index (χ0) is 18.9. The van der Waals surface area contributed by atoms with Gasteiger partial charge in [0.15, 0.2) is 0 Å². The van der Waals surface area contributed by atoms with Gasteiger partial charge in [-0.25, -0.2) is 4.79 Å². The molecule has 0 saturated heterocycles. The van der Waals surface area contributed by atoms with Crippen molar-refractivity contribution in [2.24, 2.45) is 0 Å². The summed E-state index contributed by atoms with van der Waals surface area (Å²) in [7, 11) is 1.54. The number of para-hydroxylation sites is 1. The molecule has 0 unspecified atom stereocenters. The topological polar surface area (TPSA) is 93.7 Å². The van der Waals surface area contributed by atoms with Gasteiger partial charge in [0.25, 0.3) is 5.91 Å². The minimum Gasteiger partial charge on any atom is -0.497 e. The number of esters is 1. The van der Waals surface area contributed by atoms with Crippen molar-refractivity contribution in [2.75, 3.05) is 25.6 Å². The Labute approximate surface area is 151 Å². The van der Waals surface area contributed by atoms with Gasteiger partial charge in [-0.2, -0.15) is 0 Å². The van der Waals surface area contributed by atoms with Gasteiger partial charge in [0.05, 0.1) is 31.5 Å². The van der Waals surface area contributed by atoms with Gasteiger partial charge >= 0.3 is 5.97 Å². The standard InChI is InChI=1S/C19H20N2O5/c1-3-26-19(24)15-6-4-5-7-16(15)21-17(22)12-20-18(23)13-8-10-14(25-2)11-9-13/h4-11H,3,12H2,1-2H3,(H,20,23)(H,21,22). The molecule has 0 bridgehead atoms. The molecule has 2 N–H and O–H groups in total. The van der Waals surface area contributed by atoms with E-state index in [9.17, 15) is 14.4 Å². The lowest BCUT2D eigenvalue weighted by Crippen LogP contribution is -2.33. The van der Waals surface area contributed by atoms with E-state index in [1.54, 1.807) is 55.5 Å². The molecule has 26 heavy (non-hydrogen) atoms. The number of hydrogen-bond acceptors (Lipinski definition) is 5.